The van der Waals surface area contributed by atoms with Crippen LogP contribution in [0.2, 0.25) is 0 Å². The molecule has 1 heterocycles. The van der Waals surface area contributed by atoms with Gasteiger partial charge in [-0.15, -0.1) is 30.6 Å². The number of nitrogens with one attached hydrogen (secondary N) is 1. The quantitative estimate of drug-likeness (QED) is 0.162. The molecular weight excluding hydrogens is 437 g/mol. The van der Waals surface area contributed by atoms with Crippen molar-refractivity contribution in [3.8, 4) is 0 Å². The van der Waals surface area contributed by atoms with Crippen molar-refractivity contribution in [3.05, 3.63) is 12.7 Å². The van der Waals surface area contributed by atoms with E-state index in [1.807, 2.05) is 6.08 Å². The topological polar surface area (TPSA) is 34.1 Å². The van der Waals surface area contributed by atoms with Crippen LogP contribution in [-0.2, 0) is 0 Å². The summed E-state index contributed by atoms with van der Waals surface area (Å²) in [7, 11) is 4.36. The van der Waals surface area contributed by atoms with Gasteiger partial charge in [-0.1, -0.05) is 19.4 Å². The Hall–Kier alpha value is -0.340. The second kappa shape index (κ2) is 15.7. The number of likely N-dealkylation sites (N-methyl/N-ethyl adjacent to an activating group) is 1. The zero-order valence-electron chi connectivity index (χ0n) is 17.5. The SMILES string of the molecule is C=CCCCCCN(C)C(=NCC(C)CN1CCN(C)CC1)NCC.I. The third kappa shape index (κ3) is 11.4. The van der Waals surface area contributed by atoms with E-state index in [9.17, 15) is 0 Å². The molecule has 1 aliphatic heterocycles. The molecule has 0 amide bonds. The lowest BCUT2D eigenvalue weighted by molar-refractivity contribution is 0.140. The summed E-state index contributed by atoms with van der Waals surface area (Å²) in [6.07, 6.45) is 6.85. The number of aliphatic imine (C=N–C) groups is 1. The molecule has 0 radical (unpaired) electrons. The average Bonchev–Trinajstić information content (AvgIpc) is 2.60. The van der Waals surface area contributed by atoms with Gasteiger partial charge in [0.1, 0.15) is 0 Å². The van der Waals surface area contributed by atoms with Crippen molar-refractivity contribution in [2.24, 2.45) is 10.9 Å². The molecule has 0 bridgehead atoms. The normalized spacial score (nSPS) is 17.5. The van der Waals surface area contributed by atoms with Gasteiger partial charge in [-0.25, -0.2) is 0 Å². The predicted molar refractivity (Wildman–Crippen MR) is 126 cm³/mol. The number of hydrogen-bond acceptors (Lipinski definition) is 3. The van der Waals surface area contributed by atoms with Crippen LogP contribution in [0.4, 0.5) is 0 Å². The summed E-state index contributed by atoms with van der Waals surface area (Å²) in [5, 5.41) is 3.44. The van der Waals surface area contributed by atoms with Crippen molar-refractivity contribution in [2.45, 2.75) is 39.5 Å². The molecule has 1 saturated heterocycles. The number of rotatable bonds is 11. The fourth-order valence-electron chi connectivity index (χ4n) is 3.16. The Morgan fingerprint density at radius 1 is 1.23 bits per heavy atom. The fourth-order valence-corrected chi connectivity index (χ4v) is 3.16. The highest BCUT2D eigenvalue weighted by atomic mass is 127. The summed E-state index contributed by atoms with van der Waals surface area (Å²) in [6, 6.07) is 0. The van der Waals surface area contributed by atoms with Crippen molar-refractivity contribution < 1.29 is 0 Å². The zero-order chi connectivity index (χ0) is 18.5. The second-order valence-electron chi connectivity index (χ2n) is 7.46. The van der Waals surface area contributed by atoms with Gasteiger partial charge in [0.15, 0.2) is 5.96 Å². The first-order valence-corrected chi connectivity index (χ1v) is 10.1. The highest BCUT2D eigenvalue weighted by molar-refractivity contribution is 14.0. The van der Waals surface area contributed by atoms with Gasteiger partial charge < -0.3 is 20.0 Å². The van der Waals surface area contributed by atoms with Crippen LogP contribution in [0.5, 0.6) is 0 Å². The summed E-state index contributed by atoms with van der Waals surface area (Å²) >= 11 is 0. The molecule has 154 valence electrons. The summed E-state index contributed by atoms with van der Waals surface area (Å²) in [4.78, 5) is 12.2. The molecular formula is C20H42IN5. The molecule has 1 aliphatic rings. The first kappa shape index (κ1) is 25.7. The summed E-state index contributed by atoms with van der Waals surface area (Å²) in [5.41, 5.74) is 0. The van der Waals surface area contributed by atoms with E-state index < -0.39 is 0 Å². The molecule has 0 saturated carbocycles. The maximum atomic E-state index is 4.89. The van der Waals surface area contributed by atoms with Gasteiger partial charge in [-0.05, 0) is 39.2 Å². The van der Waals surface area contributed by atoms with Crippen molar-refractivity contribution in [2.75, 3.05) is 66.5 Å². The zero-order valence-corrected chi connectivity index (χ0v) is 19.9. The Balaban J connectivity index is 0.00000625. The molecule has 1 atom stereocenters. The highest BCUT2D eigenvalue weighted by Gasteiger charge is 2.16. The first-order valence-electron chi connectivity index (χ1n) is 10.1. The Labute approximate surface area is 179 Å². The van der Waals surface area contributed by atoms with Crippen LogP contribution in [0.1, 0.15) is 39.5 Å². The number of halogens is 1. The van der Waals surface area contributed by atoms with Crippen LogP contribution in [-0.4, -0.2) is 87.1 Å². The van der Waals surface area contributed by atoms with Gasteiger partial charge in [0.25, 0.3) is 0 Å². The van der Waals surface area contributed by atoms with Crippen LogP contribution in [0, 0.1) is 5.92 Å². The number of unbranched alkanes of at least 4 members (excludes halogenated alkanes) is 3. The van der Waals surface area contributed by atoms with Gasteiger partial charge >= 0.3 is 0 Å². The maximum Gasteiger partial charge on any atom is 0.193 e. The van der Waals surface area contributed by atoms with Crippen LogP contribution in [0.25, 0.3) is 0 Å². The van der Waals surface area contributed by atoms with Crippen LogP contribution in [0.3, 0.4) is 0 Å². The van der Waals surface area contributed by atoms with Gasteiger partial charge in [-0.2, -0.15) is 0 Å². The number of nitrogens with zero attached hydrogens (tertiary/aromatic N) is 4. The largest absolute Gasteiger partial charge is 0.357 e. The minimum Gasteiger partial charge on any atom is -0.357 e. The lowest BCUT2D eigenvalue weighted by Crippen LogP contribution is -2.46. The number of hydrogen-bond donors (Lipinski definition) is 1. The Morgan fingerprint density at radius 2 is 1.92 bits per heavy atom. The van der Waals surface area contributed by atoms with Gasteiger partial charge in [0.2, 0.25) is 0 Å². The first-order chi connectivity index (χ1) is 12.1. The Bertz CT molecular complexity index is 380. The molecule has 0 aromatic heterocycles. The number of allylic oxidation sites excluding steroid dienone is 1. The minimum absolute atomic E-state index is 0. The maximum absolute atomic E-state index is 4.89. The van der Waals surface area contributed by atoms with Crippen LogP contribution >= 0.6 is 24.0 Å². The second-order valence-corrected chi connectivity index (χ2v) is 7.46. The molecule has 6 heteroatoms. The summed E-state index contributed by atoms with van der Waals surface area (Å²) < 4.78 is 0. The Kier molecular flexibility index (Phi) is 15.5. The lowest BCUT2D eigenvalue weighted by atomic mass is 10.1. The van der Waals surface area contributed by atoms with E-state index in [2.05, 4.69) is 54.5 Å². The number of guanidine groups is 1. The highest BCUT2D eigenvalue weighted by Crippen LogP contribution is 2.06. The van der Waals surface area contributed by atoms with Gasteiger partial charge in [-0.3, -0.25) is 4.99 Å². The molecule has 0 aromatic rings. The molecule has 1 N–H and O–H groups in total. The molecule has 1 fully saturated rings. The van der Waals surface area contributed by atoms with E-state index in [1.165, 1.54) is 45.4 Å². The molecule has 0 aromatic carbocycles. The molecule has 0 aliphatic carbocycles. The van der Waals surface area contributed by atoms with E-state index >= 15 is 0 Å². The van der Waals surface area contributed by atoms with E-state index in [0.29, 0.717) is 5.92 Å². The molecule has 5 nitrogen and oxygen atoms in total. The van der Waals surface area contributed by atoms with E-state index in [-0.39, 0.29) is 24.0 Å². The van der Waals surface area contributed by atoms with Crippen molar-refractivity contribution in [1.29, 1.82) is 0 Å². The smallest absolute Gasteiger partial charge is 0.193 e. The standard InChI is InChI=1S/C20H41N5.HI/c1-6-8-9-10-11-12-24(5)20(21-7-2)22-17-19(3)18-25-15-13-23(4)14-16-25;/h6,19H,1,7-18H2,2-5H3,(H,21,22);1H. The molecule has 26 heavy (non-hydrogen) atoms. The molecule has 1 unspecified atom stereocenters. The third-order valence-electron chi connectivity index (χ3n) is 4.82. The van der Waals surface area contributed by atoms with Crippen molar-refractivity contribution >= 4 is 29.9 Å². The van der Waals surface area contributed by atoms with Gasteiger partial charge in [0.05, 0.1) is 0 Å². The monoisotopic (exact) mass is 479 g/mol. The fraction of sp³-hybridized carbons (Fsp3) is 0.850. The van der Waals surface area contributed by atoms with E-state index in [4.69, 9.17) is 4.99 Å². The predicted octanol–water partition coefficient (Wildman–Crippen LogP) is 3.13. The van der Waals surface area contributed by atoms with Crippen LogP contribution < -0.4 is 5.32 Å². The molecule has 0 spiro atoms. The summed E-state index contributed by atoms with van der Waals surface area (Å²) in [6.45, 7) is 17.0. The summed E-state index contributed by atoms with van der Waals surface area (Å²) in [5.74, 6) is 1.65. The third-order valence-corrected chi connectivity index (χ3v) is 4.82. The average molecular weight is 479 g/mol. The van der Waals surface area contributed by atoms with Crippen molar-refractivity contribution in [3.63, 3.8) is 0 Å². The van der Waals surface area contributed by atoms with Crippen molar-refractivity contribution in [1.82, 2.24) is 20.0 Å². The van der Waals surface area contributed by atoms with E-state index in [0.717, 1.165) is 38.6 Å². The number of piperazine rings is 1. The lowest BCUT2D eigenvalue weighted by Gasteiger charge is -2.33. The van der Waals surface area contributed by atoms with Gasteiger partial charge in [0, 0.05) is 59.4 Å². The Morgan fingerprint density at radius 3 is 2.54 bits per heavy atom. The molecule has 1 rings (SSSR count). The van der Waals surface area contributed by atoms with Crippen LogP contribution in [0.15, 0.2) is 17.6 Å². The minimum atomic E-state index is 0. The van der Waals surface area contributed by atoms with E-state index in [1.54, 1.807) is 0 Å².